The highest BCUT2D eigenvalue weighted by Gasteiger charge is 2.40. The second-order valence-corrected chi connectivity index (χ2v) is 11.1. The van der Waals surface area contributed by atoms with Gasteiger partial charge in [0.2, 0.25) is 0 Å². The van der Waals surface area contributed by atoms with Gasteiger partial charge in [0, 0.05) is 7.11 Å². The van der Waals surface area contributed by atoms with E-state index in [1.54, 1.807) is 7.11 Å². The molecule has 108 valence electrons. The van der Waals surface area contributed by atoms with Crippen LogP contribution in [0.15, 0.2) is 0 Å². The van der Waals surface area contributed by atoms with E-state index in [4.69, 9.17) is 9.16 Å². The van der Waals surface area contributed by atoms with Crippen molar-refractivity contribution < 1.29 is 19.1 Å². The number of carboxylic acids is 1. The predicted octanol–water partition coefficient (Wildman–Crippen LogP) is 3.28. The van der Waals surface area contributed by atoms with Gasteiger partial charge in [0.25, 0.3) is 0 Å². The Morgan fingerprint density at radius 2 is 1.78 bits per heavy atom. The van der Waals surface area contributed by atoms with Crippen molar-refractivity contribution in [1.82, 2.24) is 0 Å². The van der Waals surface area contributed by atoms with Crippen molar-refractivity contribution in [3.05, 3.63) is 0 Å². The van der Waals surface area contributed by atoms with Crippen LogP contribution in [0.3, 0.4) is 0 Å². The van der Waals surface area contributed by atoms with Crippen LogP contribution >= 0.6 is 0 Å². The lowest BCUT2D eigenvalue weighted by Gasteiger charge is -2.38. The van der Waals surface area contributed by atoms with E-state index in [1.807, 2.05) is 6.92 Å². The van der Waals surface area contributed by atoms with E-state index < -0.39 is 20.4 Å². The van der Waals surface area contributed by atoms with Crippen molar-refractivity contribution in [1.29, 1.82) is 0 Å². The van der Waals surface area contributed by atoms with Crippen molar-refractivity contribution in [2.75, 3.05) is 7.11 Å². The van der Waals surface area contributed by atoms with E-state index in [1.165, 1.54) is 0 Å². The molecular formula is C13H28O4Si. The average Bonchev–Trinajstić information content (AvgIpc) is 2.21. The third-order valence-electron chi connectivity index (χ3n) is 3.76. The van der Waals surface area contributed by atoms with E-state index in [0.717, 1.165) is 0 Å². The van der Waals surface area contributed by atoms with Crippen LogP contribution in [0.2, 0.25) is 18.1 Å². The second-order valence-electron chi connectivity index (χ2n) is 6.33. The minimum absolute atomic E-state index is 0.0214. The van der Waals surface area contributed by atoms with Gasteiger partial charge in [0.05, 0.1) is 6.10 Å². The van der Waals surface area contributed by atoms with E-state index >= 15 is 0 Å². The zero-order chi connectivity index (χ0) is 14.6. The molecule has 0 aromatic heterocycles. The molecule has 0 aliphatic heterocycles. The van der Waals surface area contributed by atoms with Crippen LogP contribution in [0.4, 0.5) is 0 Å². The number of ether oxygens (including phenoxy) is 1. The molecule has 4 nitrogen and oxygen atoms in total. The first-order valence-corrected chi connectivity index (χ1v) is 9.35. The summed E-state index contributed by atoms with van der Waals surface area (Å²) < 4.78 is 11.1. The van der Waals surface area contributed by atoms with Crippen molar-refractivity contribution in [2.45, 2.75) is 70.9 Å². The highest BCUT2D eigenvalue weighted by Crippen LogP contribution is 2.37. The van der Waals surface area contributed by atoms with Gasteiger partial charge in [-0.3, -0.25) is 0 Å². The van der Waals surface area contributed by atoms with Crippen LogP contribution in [0.5, 0.6) is 0 Å². The van der Waals surface area contributed by atoms with E-state index in [9.17, 15) is 9.90 Å². The molecule has 0 aliphatic rings. The maximum Gasteiger partial charge on any atom is 0.331 e. The van der Waals surface area contributed by atoms with Gasteiger partial charge in [-0.2, -0.15) is 0 Å². The van der Waals surface area contributed by atoms with Gasteiger partial charge in [-0.25, -0.2) is 4.79 Å². The van der Waals surface area contributed by atoms with Gasteiger partial charge in [-0.1, -0.05) is 20.8 Å². The molecule has 0 unspecified atom stereocenters. The molecule has 0 aromatic rings. The first-order chi connectivity index (χ1) is 8.01. The van der Waals surface area contributed by atoms with Gasteiger partial charge in [0.15, 0.2) is 8.32 Å². The van der Waals surface area contributed by atoms with E-state index in [2.05, 4.69) is 33.9 Å². The molecule has 1 N–H and O–H groups in total. The summed E-state index contributed by atoms with van der Waals surface area (Å²) in [6.45, 7) is 12.4. The molecule has 0 radical (unpaired) electrons. The van der Waals surface area contributed by atoms with Gasteiger partial charge in [-0.05, 0) is 37.9 Å². The third-order valence-corrected chi connectivity index (χ3v) is 8.24. The summed E-state index contributed by atoms with van der Waals surface area (Å²) in [5, 5.41) is 9.27. The topological polar surface area (TPSA) is 55.8 Å². The number of carbonyl (C=O) groups is 1. The van der Waals surface area contributed by atoms with Gasteiger partial charge in [-0.15, -0.1) is 0 Å². The summed E-state index contributed by atoms with van der Waals surface area (Å²) >= 11 is 0. The Labute approximate surface area is 112 Å². The number of hydrogen-bond acceptors (Lipinski definition) is 3. The minimum atomic E-state index is -2.03. The Kier molecular flexibility index (Phi) is 6.53. The van der Waals surface area contributed by atoms with Crippen LogP contribution in [0.1, 0.15) is 40.5 Å². The normalized spacial score (nSPS) is 16.4. The smallest absolute Gasteiger partial charge is 0.331 e. The van der Waals surface area contributed by atoms with Gasteiger partial charge < -0.3 is 14.3 Å². The zero-order valence-electron chi connectivity index (χ0n) is 12.7. The molecular weight excluding hydrogens is 248 g/mol. The van der Waals surface area contributed by atoms with Crippen molar-refractivity contribution in [2.24, 2.45) is 0 Å². The number of hydrogen-bond donors (Lipinski definition) is 1. The van der Waals surface area contributed by atoms with E-state index in [0.29, 0.717) is 12.8 Å². The lowest BCUT2D eigenvalue weighted by Crippen LogP contribution is -2.46. The van der Waals surface area contributed by atoms with Crippen LogP contribution in [0, 0.1) is 0 Å². The minimum Gasteiger partial charge on any atom is -0.479 e. The Hall–Kier alpha value is -0.393. The Morgan fingerprint density at radius 1 is 1.28 bits per heavy atom. The molecule has 18 heavy (non-hydrogen) atoms. The highest BCUT2D eigenvalue weighted by molar-refractivity contribution is 6.74. The summed E-state index contributed by atoms with van der Waals surface area (Å²) in [5.41, 5.74) is 0. The lowest BCUT2D eigenvalue weighted by molar-refractivity contribution is -0.146. The highest BCUT2D eigenvalue weighted by atomic mass is 28.4. The van der Waals surface area contributed by atoms with Crippen molar-refractivity contribution in [3.63, 3.8) is 0 Å². The molecule has 0 aromatic carbocycles. The van der Waals surface area contributed by atoms with Crippen LogP contribution < -0.4 is 0 Å². The van der Waals surface area contributed by atoms with Crippen LogP contribution in [-0.4, -0.2) is 38.7 Å². The molecule has 5 heteroatoms. The predicted molar refractivity (Wildman–Crippen MR) is 75.4 cm³/mol. The van der Waals surface area contributed by atoms with Gasteiger partial charge in [0.1, 0.15) is 6.10 Å². The number of aliphatic carboxylic acids is 1. The van der Waals surface area contributed by atoms with E-state index in [-0.39, 0.29) is 11.1 Å². The number of rotatable bonds is 7. The van der Waals surface area contributed by atoms with Crippen molar-refractivity contribution >= 4 is 14.3 Å². The second kappa shape index (κ2) is 6.68. The Bertz CT molecular complexity index is 271. The maximum atomic E-state index is 11.3. The molecule has 0 fully saturated rings. The quantitative estimate of drug-likeness (QED) is 0.725. The van der Waals surface area contributed by atoms with Crippen LogP contribution in [-0.2, 0) is 14.0 Å². The molecule has 2 atom stereocenters. The monoisotopic (exact) mass is 276 g/mol. The molecule has 0 saturated carbocycles. The largest absolute Gasteiger partial charge is 0.479 e. The fourth-order valence-electron chi connectivity index (χ4n) is 1.27. The molecule has 0 saturated heterocycles. The summed E-state index contributed by atoms with van der Waals surface area (Å²) in [4.78, 5) is 11.3. The fourth-order valence-corrected chi connectivity index (χ4v) is 2.55. The summed E-state index contributed by atoms with van der Waals surface area (Å²) in [7, 11) is -0.401. The lowest BCUT2D eigenvalue weighted by atomic mass is 10.1. The Balaban J connectivity index is 4.59. The number of methoxy groups -OCH3 is 1. The molecule has 0 heterocycles. The number of carboxylic acid groups (broad SMARTS) is 1. The third kappa shape index (κ3) is 5.50. The van der Waals surface area contributed by atoms with Crippen molar-refractivity contribution in [3.8, 4) is 0 Å². The zero-order valence-corrected chi connectivity index (χ0v) is 13.7. The standard InChI is InChI=1S/C13H28O4Si/c1-10(16-5)8-9-11(12(14)15)17-18(6,7)13(2,3)4/h10-11H,8-9H2,1-7H3,(H,14,15)/t10-,11+/m1/s1. The first-order valence-electron chi connectivity index (χ1n) is 6.44. The molecule has 0 spiro atoms. The molecule has 0 amide bonds. The summed E-state index contributed by atoms with van der Waals surface area (Å²) in [5.74, 6) is -0.872. The summed E-state index contributed by atoms with van der Waals surface area (Å²) in [6, 6.07) is 0. The molecule has 0 aliphatic carbocycles. The van der Waals surface area contributed by atoms with Gasteiger partial charge >= 0.3 is 5.97 Å². The maximum absolute atomic E-state index is 11.3. The SMILES string of the molecule is CO[C@H](C)CC[C@H](O[Si](C)(C)C(C)(C)C)C(=O)O. The first kappa shape index (κ1) is 17.6. The fraction of sp³-hybridized carbons (Fsp3) is 0.923. The summed E-state index contributed by atoms with van der Waals surface area (Å²) in [6.07, 6.45) is 0.539. The Morgan fingerprint density at radius 3 is 2.11 bits per heavy atom. The molecule has 0 bridgehead atoms. The average molecular weight is 276 g/mol. The molecule has 0 rings (SSSR count). The van der Waals surface area contributed by atoms with Crippen LogP contribution in [0.25, 0.3) is 0 Å².